The average molecular weight is 449 g/mol. The number of hydrogen-bond acceptors (Lipinski definition) is 6. The third kappa shape index (κ3) is 4.69. The van der Waals surface area contributed by atoms with Crippen LogP contribution in [-0.4, -0.2) is 23.1 Å². The summed E-state index contributed by atoms with van der Waals surface area (Å²) >= 11 is 0. The SMILES string of the molecule is CCOc1cc(Nc2cc(Oc3ccc(N)c4ccccc34)ccn2)ccc1P(C)(=O)O. The summed E-state index contributed by atoms with van der Waals surface area (Å²) in [7, 11) is -3.46. The van der Waals surface area contributed by atoms with Gasteiger partial charge in [0, 0.05) is 47.1 Å². The number of aromatic nitrogens is 1. The first-order valence-electron chi connectivity index (χ1n) is 10.1. The number of fused-ring (bicyclic) bond motifs is 1. The molecule has 4 aromatic rings. The predicted octanol–water partition coefficient (Wildman–Crippen LogP) is 5.28. The molecular formula is C24H24N3O4P. The number of benzene rings is 3. The molecule has 0 saturated carbocycles. The highest BCUT2D eigenvalue weighted by atomic mass is 31.2. The fourth-order valence-corrected chi connectivity index (χ4v) is 4.30. The predicted molar refractivity (Wildman–Crippen MR) is 129 cm³/mol. The number of pyridine rings is 1. The number of rotatable bonds is 7. The lowest BCUT2D eigenvalue weighted by Crippen LogP contribution is -2.10. The van der Waals surface area contributed by atoms with Gasteiger partial charge in [-0.15, -0.1) is 0 Å². The van der Waals surface area contributed by atoms with Gasteiger partial charge in [-0.25, -0.2) is 4.98 Å². The van der Waals surface area contributed by atoms with E-state index >= 15 is 0 Å². The Bertz CT molecular complexity index is 1320. The molecule has 3 aromatic carbocycles. The molecule has 0 aliphatic carbocycles. The van der Waals surface area contributed by atoms with E-state index in [2.05, 4.69) is 10.3 Å². The Kier molecular flexibility index (Phi) is 6.04. The van der Waals surface area contributed by atoms with Crippen molar-refractivity contribution in [2.24, 2.45) is 0 Å². The summed E-state index contributed by atoms with van der Waals surface area (Å²) in [5.74, 6) is 2.22. The van der Waals surface area contributed by atoms with Gasteiger partial charge in [0.2, 0.25) is 7.37 Å². The van der Waals surface area contributed by atoms with Crippen LogP contribution in [0.25, 0.3) is 10.8 Å². The van der Waals surface area contributed by atoms with Gasteiger partial charge in [-0.2, -0.15) is 0 Å². The highest BCUT2D eigenvalue weighted by molar-refractivity contribution is 7.65. The molecule has 1 unspecified atom stereocenters. The monoisotopic (exact) mass is 449 g/mol. The Hall–Kier alpha value is -3.54. The molecule has 0 fully saturated rings. The molecule has 1 heterocycles. The Morgan fingerprint density at radius 3 is 2.56 bits per heavy atom. The molecular weight excluding hydrogens is 425 g/mol. The molecule has 1 atom stereocenters. The molecule has 4 rings (SSSR count). The second kappa shape index (κ2) is 8.91. The molecule has 0 amide bonds. The van der Waals surface area contributed by atoms with E-state index in [4.69, 9.17) is 15.2 Å². The molecule has 0 bridgehead atoms. The van der Waals surface area contributed by atoms with E-state index in [1.807, 2.05) is 43.3 Å². The van der Waals surface area contributed by atoms with Gasteiger partial charge in [-0.05, 0) is 37.3 Å². The topological polar surface area (TPSA) is 107 Å². The smallest absolute Gasteiger partial charge is 0.230 e. The van der Waals surface area contributed by atoms with E-state index < -0.39 is 7.37 Å². The van der Waals surface area contributed by atoms with E-state index in [1.54, 1.807) is 36.5 Å². The zero-order valence-electron chi connectivity index (χ0n) is 17.8. The van der Waals surface area contributed by atoms with Gasteiger partial charge in [-0.3, -0.25) is 4.57 Å². The number of anilines is 3. The van der Waals surface area contributed by atoms with Crippen LogP contribution in [0.4, 0.5) is 17.2 Å². The van der Waals surface area contributed by atoms with Gasteiger partial charge in [0.05, 0.1) is 11.9 Å². The van der Waals surface area contributed by atoms with Crippen molar-refractivity contribution in [2.75, 3.05) is 24.3 Å². The first-order chi connectivity index (χ1) is 15.3. The van der Waals surface area contributed by atoms with Crippen LogP contribution >= 0.6 is 7.37 Å². The quantitative estimate of drug-likeness (QED) is 0.260. The van der Waals surface area contributed by atoms with Crippen molar-refractivity contribution >= 4 is 40.6 Å². The average Bonchev–Trinajstić information content (AvgIpc) is 2.76. The third-order valence-electron chi connectivity index (χ3n) is 4.86. The van der Waals surface area contributed by atoms with Gasteiger partial charge >= 0.3 is 0 Å². The van der Waals surface area contributed by atoms with Crippen LogP contribution < -0.4 is 25.8 Å². The summed E-state index contributed by atoms with van der Waals surface area (Å²) in [5, 5.41) is 5.32. The normalized spacial score (nSPS) is 12.8. The van der Waals surface area contributed by atoms with Crippen molar-refractivity contribution in [1.82, 2.24) is 4.98 Å². The number of hydrogen-bond donors (Lipinski definition) is 3. The minimum atomic E-state index is -3.46. The molecule has 0 saturated heterocycles. The van der Waals surface area contributed by atoms with Crippen molar-refractivity contribution in [3.05, 3.63) is 72.9 Å². The standard InChI is InChI=1S/C24H24N3O4P/c1-3-30-22-14-16(8-11-23(22)32(2,28)29)27-24-15-17(12-13-26-24)31-21-10-9-20(25)18-6-4-5-7-19(18)21/h4-15H,3,25H2,1-2H3,(H,26,27)(H,28,29). The fourth-order valence-electron chi connectivity index (χ4n) is 3.41. The van der Waals surface area contributed by atoms with Crippen molar-refractivity contribution in [2.45, 2.75) is 6.92 Å². The maximum atomic E-state index is 12.1. The summed E-state index contributed by atoms with van der Waals surface area (Å²) in [5.41, 5.74) is 7.45. The van der Waals surface area contributed by atoms with Crippen LogP contribution in [0.15, 0.2) is 72.9 Å². The molecule has 0 spiro atoms. The van der Waals surface area contributed by atoms with E-state index in [9.17, 15) is 9.46 Å². The summed E-state index contributed by atoms with van der Waals surface area (Å²) in [4.78, 5) is 14.3. The Balaban J connectivity index is 1.60. The molecule has 4 N–H and O–H groups in total. The molecule has 164 valence electrons. The van der Waals surface area contributed by atoms with Crippen molar-refractivity contribution in [3.63, 3.8) is 0 Å². The van der Waals surface area contributed by atoms with E-state index in [-0.39, 0.29) is 5.30 Å². The van der Waals surface area contributed by atoms with Crippen LogP contribution in [0.5, 0.6) is 17.2 Å². The molecule has 1 aromatic heterocycles. The van der Waals surface area contributed by atoms with Crippen molar-refractivity contribution in [1.29, 1.82) is 0 Å². The van der Waals surface area contributed by atoms with Gasteiger partial charge in [0.1, 0.15) is 23.1 Å². The molecule has 7 nitrogen and oxygen atoms in total. The van der Waals surface area contributed by atoms with Gasteiger partial charge in [0.25, 0.3) is 0 Å². The highest BCUT2D eigenvalue weighted by Gasteiger charge is 2.20. The van der Waals surface area contributed by atoms with Gasteiger partial charge in [-0.1, -0.05) is 24.3 Å². The Labute approximate surface area is 186 Å². The molecule has 32 heavy (non-hydrogen) atoms. The van der Waals surface area contributed by atoms with E-state index in [1.165, 1.54) is 6.66 Å². The van der Waals surface area contributed by atoms with E-state index in [0.29, 0.717) is 41.0 Å². The Morgan fingerprint density at radius 2 is 1.81 bits per heavy atom. The minimum Gasteiger partial charge on any atom is -0.493 e. The first kappa shape index (κ1) is 21.7. The summed E-state index contributed by atoms with van der Waals surface area (Å²) < 4.78 is 23.8. The van der Waals surface area contributed by atoms with Crippen molar-refractivity contribution in [3.8, 4) is 17.2 Å². The largest absolute Gasteiger partial charge is 0.493 e. The number of ether oxygens (including phenoxy) is 2. The maximum absolute atomic E-state index is 12.1. The second-order valence-corrected chi connectivity index (χ2v) is 9.54. The summed E-state index contributed by atoms with van der Waals surface area (Å²) in [6.45, 7) is 3.50. The van der Waals surface area contributed by atoms with E-state index in [0.717, 1.165) is 10.8 Å². The van der Waals surface area contributed by atoms with Gasteiger partial charge < -0.3 is 25.4 Å². The van der Waals surface area contributed by atoms with Crippen LogP contribution in [0.1, 0.15) is 6.92 Å². The number of nitrogens with two attached hydrogens (primary N) is 1. The molecule has 0 radical (unpaired) electrons. The lowest BCUT2D eigenvalue weighted by Gasteiger charge is -2.15. The zero-order chi connectivity index (χ0) is 22.7. The zero-order valence-corrected chi connectivity index (χ0v) is 18.7. The lowest BCUT2D eigenvalue weighted by molar-refractivity contribution is 0.342. The Morgan fingerprint density at radius 1 is 1.03 bits per heavy atom. The van der Waals surface area contributed by atoms with Crippen LogP contribution in [-0.2, 0) is 4.57 Å². The highest BCUT2D eigenvalue weighted by Crippen LogP contribution is 2.39. The molecule has 0 aliphatic heterocycles. The molecule has 0 aliphatic rings. The van der Waals surface area contributed by atoms with Crippen LogP contribution in [0.3, 0.4) is 0 Å². The molecule has 8 heteroatoms. The summed E-state index contributed by atoms with van der Waals surface area (Å²) in [6.07, 6.45) is 1.64. The summed E-state index contributed by atoms with van der Waals surface area (Å²) in [6, 6.07) is 20.0. The number of nitrogen functional groups attached to an aromatic ring is 1. The lowest BCUT2D eigenvalue weighted by atomic mass is 10.1. The second-order valence-electron chi connectivity index (χ2n) is 7.30. The third-order valence-corrected chi connectivity index (χ3v) is 6.12. The number of nitrogens with one attached hydrogen (secondary N) is 1. The maximum Gasteiger partial charge on any atom is 0.230 e. The van der Waals surface area contributed by atoms with Crippen molar-refractivity contribution < 1.29 is 18.9 Å². The number of nitrogens with zero attached hydrogens (tertiary/aromatic N) is 1. The first-order valence-corrected chi connectivity index (χ1v) is 12.2. The van der Waals surface area contributed by atoms with Crippen LogP contribution in [0, 0.1) is 0 Å². The van der Waals surface area contributed by atoms with Gasteiger partial charge in [0.15, 0.2) is 0 Å². The fraction of sp³-hybridized carbons (Fsp3) is 0.125. The van der Waals surface area contributed by atoms with Crippen LogP contribution in [0.2, 0.25) is 0 Å². The minimum absolute atomic E-state index is 0.283.